The fourth-order valence-corrected chi connectivity index (χ4v) is 5.33. The molecule has 9 nitrogen and oxygen atoms in total. The third kappa shape index (κ3) is 5.07. The zero-order chi connectivity index (χ0) is 21.7. The average molecular weight is 446 g/mol. The first-order valence-corrected chi connectivity index (χ1v) is 12.1. The SMILES string of the molecule is N#Cc1nc(-c2ccc(S(=O)(=O)N3CCCC3)cc2)oc1NCCCN1CCOCC1. The fraction of sp³-hybridized carbons (Fsp3) is 0.524. The van der Waals surface area contributed by atoms with Crippen molar-refractivity contribution in [1.29, 1.82) is 5.26 Å². The molecule has 0 saturated carbocycles. The predicted molar refractivity (Wildman–Crippen MR) is 115 cm³/mol. The third-order valence-corrected chi connectivity index (χ3v) is 7.49. The number of benzene rings is 1. The van der Waals surface area contributed by atoms with Gasteiger partial charge in [-0.1, -0.05) is 0 Å². The second kappa shape index (κ2) is 9.78. The van der Waals surface area contributed by atoms with Crippen LogP contribution in [0.2, 0.25) is 0 Å². The predicted octanol–water partition coefficient (Wildman–Crippen LogP) is 2.13. The van der Waals surface area contributed by atoms with E-state index < -0.39 is 10.0 Å². The van der Waals surface area contributed by atoms with Gasteiger partial charge in [-0.25, -0.2) is 8.42 Å². The molecule has 0 bridgehead atoms. The maximum atomic E-state index is 12.7. The number of hydrogen-bond donors (Lipinski definition) is 1. The van der Waals surface area contributed by atoms with Crippen LogP contribution in [0.3, 0.4) is 0 Å². The van der Waals surface area contributed by atoms with Crippen LogP contribution in [0.15, 0.2) is 33.6 Å². The van der Waals surface area contributed by atoms with Gasteiger partial charge in [-0.05, 0) is 50.1 Å². The van der Waals surface area contributed by atoms with Gasteiger partial charge in [0.25, 0.3) is 0 Å². The summed E-state index contributed by atoms with van der Waals surface area (Å²) in [5.41, 5.74) is 0.813. The van der Waals surface area contributed by atoms with Gasteiger partial charge in [-0.2, -0.15) is 14.6 Å². The Morgan fingerprint density at radius 3 is 2.48 bits per heavy atom. The largest absolute Gasteiger partial charge is 0.419 e. The van der Waals surface area contributed by atoms with Crippen LogP contribution in [0.4, 0.5) is 5.88 Å². The van der Waals surface area contributed by atoms with Crippen molar-refractivity contribution in [2.24, 2.45) is 0 Å². The summed E-state index contributed by atoms with van der Waals surface area (Å²) in [6.07, 6.45) is 2.70. The Labute approximate surface area is 182 Å². The number of morpholine rings is 1. The lowest BCUT2D eigenvalue weighted by molar-refractivity contribution is 0.0378. The molecule has 0 amide bonds. The lowest BCUT2D eigenvalue weighted by atomic mass is 10.2. The topological polar surface area (TPSA) is 112 Å². The number of nitrogens with one attached hydrogen (secondary N) is 1. The molecule has 0 aliphatic carbocycles. The second-order valence-corrected chi connectivity index (χ2v) is 9.62. The number of nitrogens with zero attached hydrogens (tertiary/aromatic N) is 4. The Kier molecular flexibility index (Phi) is 6.87. The molecule has 10 heteroatoms. The van der Waals surface area contributed by atoms with Gasteiger partial charge in [0, 0.05) is 38.3 Å². The molecule has 0 unspecified atom stereocenters. The van der Waals surface area contributed by atoms with E-state index >= 15 is 0 Å². The van der Waals surface area contributed by atoms with Crippen LogP contribution >= 0.6 is 0 Å². The Morgan fingerprint density at radius 1 is 1.10 bits per heavy atom. The number of ether oxygens (including phenoxy) is 1. The molecule has 31 heavy (non-hydrogen) atoms. The number of anilines is 1. The van der Waals surface area contributed by atoms with E-state index in [-0.39, 0.29) is 16.5 Å². The molecule has 1 aromatic carbocycles. The van der Waals surface area contributed by atoms with Gasteiger partial charge in [0.05, 0.1) is 18.1 Å². The summed E-state index contributed by atoms with van der Waals surface area (Å²) in [5, 5.41) is 12.5. The molecule has 166 valence electrons. The minimum Gasteiger partial charge on any atom is -0.419 e. The van der Waals surface area contributed by atoms with Crippen LogP contribution in [0.5, 0.6) is 0 Å². The normalized spacial score (nSPS) is 18.2. The monoisotopic (exact) mass is 445 g/mol. The van der Waals surface area contributed by atoms with Crippen molar-refractivity contribution in [1.82, 2.24) is 14.2 Å². The highest BCUT2D eigenvalue weighted by Gasteiger charge is 2.27. The Morgan fingerprint density at radius 2 is 1.81 bits per heavy atom. The summed E-state index contributed by atoms with van der Waals surface area (Å²) >= 11 is 0. The molecular weight excluding hydrogens is 418 g/mol. The van der Waals surface area contributed by atoms with E-state index in [1.165, 1.54) is 4.31 Å². The number of hydrogen-bond acceptors (Lipinski definition) is 8. The van der Waals surface area contributed by atoms with Crippen molar-refractivity contribution in [2.75, 3.05) is 57.8 Å². The van der Waals surface area contributed by atoms with E-state index in [0.29, 0.717) is 31.1 Å². The standard InChI is InChI=1S/C21H27N5O4S/c22-16-19-21(23-8-3-9-25-12-14-29-15-13-25)30-20(24-19)17-4-6-18(7-5-17)31(27,28)26-10-1-2-11-26/h4-7,23H,1-3,8-15H2. The Hall–Kier alpha value is -2.45. The van der Waals surface area contributed by atoms with Gasteiger partial charge in [-0.3, -0.25) is 4.90 Å². The van der Waals surface area contributed by atoms with Crippen molar-refractivity contribution < 1.29 is 17.6 Å². The lowest BCUT2D eigenvalue weighted by Crippen LogP contribution is -2.37. The highest BCUT2D eigenvalue weighted by Crippen LogP contribution is 2.27. The number of oxazole rings is 1. The van der Waals surface area contributed by atoms with Crippen molar-refractivity contribution in [3.8, 4) is 17.5 Å². The van der Waals surface area contributed by atoms with Crippen LogP contribution < -0.4 is 5.32 Å². The minimum absolute atomic E-state index is 0.190. The average Bonchev–Trinajstić information content (AvgIpc) is 3.48. The van der Waals surface area contributed by atoms with E-state index in [1.807, 2.05) is 0 Å². The van der Waals surface area contributed by atoms with Crippen molar-refractivity contribution >= 4 is 15.9 Å². The van der Waals surface area contributed by atoms with Crippen LogP contribution in [0.1, 0.15) is 25.0 Å². The summed E-state index contributed by atoms with van der Waals surface area (Å²) in [6.45, 7) is 6.18. The Bertz CT molecular complexity index is 1020. The molecule has 0 spiro atoms. The minimum atomic E-state index is -3.46. The molecule has 2 aliphatic rings. The smallest absolute Gasteiger partial charge is 0.243 e. The lowest BCUT2D eigenvalue weighted by Gasteiger charge is -2.26. The number of nitriles is 1. The molecule has 3 heterocycles. The maximum Gasteiger partial charge on any atom is 0.243 e. The highest BCUT2D eigenvalue weighted by molar-refractivity contribution is 7.89. The molecule has 2 saturated heterocycles. The van der Waals surface area contributed by atoms with Gasteiger partial charge < -0.3 is 14.5 Å². The fourth-order valence-electron chi connectivity index (χ4n) is 3.82. The summed E-state index contributed by atoms with van der Waals surface area (Å²) in [6, 6.07) is 8.51. The van der Waals surface area contributed by atoms with Gasteiger partial charge in [0.1, 0.15) is 6.07 Å². The van der Waals surface area contributed by atoms with Gasteiger partial charge >= 0.3 is 0 Å². The summed E-state index contributed by atoms with van der Waals surface area (Å²) in [7, 11) is -3.46. The first kappa shape index (κ1) is 21.8. The van der Waals surface area contributed by atoms with Crippen molar-refractivity contribution in [3.05, 3.63) is 30.0 Å². The third-order valence-electron chi connectivity index (χ3n) is 5.58. The molecule has 4 rings (SSSR count). The van der Waals surface area contributed by atoms with Crippen molar-refractivity contribution in [3.63, 3.8) is 0 Å². The first-order valence-electron chi connectivity index (χ1n) is 10.6. The zero-order valence-corrected chi connectivity index (χ0v) is 18.2. The van der Waals surface area contributed by atoms with Gasteiger partial charge in [0.15, 0.2) is 0 Å². The maximum absolute atomic E-state index is 12.7. The summed E-state index contributed by atoms with van der Waals surface area (Å²) < 4.78 is 38.0. The number of sulfonamides is 1. The Balaban J connectivity index is 1.39. The summed E-state index contributed by atoms with van der Waals surface area (Å²) in [5.74, 6) is 0.630. The molecule has 1 aromatic heterocycles. The first-order chi connectivity index (χ1) is 15.1. The molecular formula is C21H27N5O4S. The van der Waals surface area contributed by atoms with Crippen LogP contribution in [-0.4, -0.2) is 75.1 Å². The zero-order valence-electron chi connectivity index (χ0n) is 17.4. The van der Waals surface area contributed by atoms with E-state index in [2.05, 4.69) is 21.3 Å². The second-order valence-electron chi connectivity index (χ2n) is 7.68. The van der Waals surface area contributed by atoms with Crippen LogP contribution in [0.25, 0.3) is 11.5 Å². The van der Waals surface area contributed by atoms with Gasteiger partial charge in [0.2, 0.25) is 27.5 Å². The molecule has 1 N–H and O–H groups in total. The molecule has 0 atom stereocenters. The molecule has 2 fully saturated rings. The van der Waals surface area contributed by atoms with Crippen LogP contribution in [-0.2, 0) is 14.8 Å². The van der Waals surface area contributed by atoms with E-state index in [9.17, 15) is 13.7 Å². The molecule has 0 radical (unpaired) electrons. The van der Waals surface area contributed by atoms with Crippen molar-refractivity contribution in [2.45, 2.75) is 24.2 Å². The van der Waals surface area contributed by atoms with Crippen LogP contribution in [0, 0.1) is 11.3 Å². The van der Waals surface area contributed by atoms with Gasteiger partial charge in [-0.15, -0.1) is 0 Å². The molecule has 2 aliphatic heterocycles. The number of aromatic nitrogens is 1. The van der Waals surface area contributed by atoms with E-state index in [1.54, 1.807) is 24.3 Å². The summed E-state index contributed by atoms with van der Waals surface area (Å²) in [4.78, 5) is 6.86. The van der Waals surface area contributed by atoms with E-state index in [4.69, 9.17) is 9.15 Å². The molecule has 2 aromatic rings. The van der Waals surface area contributed by atoms with E-state index in [0.717, 1.165) is 52.1 Å². The quantitative estimate of drug-likeness (QED) is 0.615. The highest BCUT2D eigenvalue weighted by atomic mass is 32.2. The number of rotatable bonds is 8.